The van der Waals surface area contributed by atoms with Crippen molar-refractivity contribution in [2.45, 2.75) is 32.9 Å². The second-order valence-electron chi connectivity index (χ2n) is 7.09. The maximum Gasteiger partial charge on any atom is 0.225 e. The number of aromatic nitrogens is 2. The van der Waals surface area contributed by atoms with Crippen molar-refractivity contribution in [2.75, 3.05) is 20.1 Å². The lowest BCUT2D eigenvalue weighted by Crippen LogP contribution is -2.45. The highest BCUT2D eigenvalue weighted by molar-refractivity contribution is 5.81. The lowest BCUT2D eigenvalue weighted by Gasteiger charge is -2.20. The van der Waals surface area contributed by atoms with Crippen molar-refractivity contribution < 1.29 is 4.79 Å². The van der Waals surface area contributed by atoms with E-state index >= 15 is 0 Å². The van der Waals surface area contributed by atoms with Gasteiger partial charge in [0.1, 0.15) is 0 Å². The molecule has 0 radical (unpaired) electrons. The number of amides is 1. The number of rotatable bonds is 5. The molecule has 144 valence electrons. The molecule has 1 aliphatic rings. The van der Waals surface area contributed by atoms with Crippen molar-refractivity contribution >= 4 is 11.9 Å². The topological polar surface area (TPSA) is 74.6 Å². The molecular formula is C20H28N6O. The van der Waals surface area contributed by atoms with Crippen LogP contribution < -0.4 is 10.6 Å². The summed E-state index contributed by atoms with van der Waals surface area (Å²) in [6.45, 7) is 6.07. The fraction of sp³-hybridized carbons (Fsp3) is 0.450. The minimum Gasteiger partial charge on any atom is -0.352 e. The molecular weight excluding hydrogens is 340 g/mol. The molecule has 3 rings (SSSR count). The van der Waals surface area contributed by atoms with Gasteiger partial charge in [-0.1, -0.05) is 32.0 Å². The van der Waals surface area contributed by atoms with Crippen LogP contribution in [0.1, 0.15) is 25.8 Å². The number of carbonyl (C=O) groups is 1. The van der Waals surface area contributed by atoms with Crippen LogP contribution in [-0.2, 0) is 11.3 Å². The van der Waals surface area contributed by atoms with Gasteiger partial charge in [-0.15, -0.1) is 0 Å². The first-order chi connectivity index (χ1) is 13.1. The second kappa shape index (κ2) is 8.70. The van der Waals surface area contributed by atoms with Gasteiger partial charge in [-0.2, -0.15) is 0 Å². The Hall–Kier alpha value is -2.83. The van der Waals surface area contributed by atoms with Crippen LogP contribution in [0.2, 0.25) is 0 Å². The minimum absolute atomic E-state index is 0.0425. The number of benzene rings is 1. The molecule has 2 N–H and O–H groups in total. The zero-order valence-corrected chi connectivity index (χ0v) is 16.2. The molecule has 1 saturated heterocycles. The number of aliphatic imine (C=N–C) groups is 1. The average molecular weight is 368 g/mol. The van der Waals surface area contributed by atoms with Crippen LogP contribution in [0.3, 0.4) is 0 Å². The Morgan fingerprint density at radius 1 is 1.37 bits per heavy atom. The Morgan fingerprint density at radius 2 is 2.19 bits per heavy atom. The predicted molar refractivity (Wildman–Crippen MR) is 107 cm³/mol. The summed E-state index contributed by atoms with van der Waals surface area (Å²) >= 11 is 0. The van der Waals surface area contributed by atoms with Crippen molar-refractivity contribution in [2.24, 2.45) is 10.9 Å². The van der Waals surface area contributed by atoms with Crippen molar-refractivity contribution in [1.29, 1.82) is 0 Å². The Balaban J connectivity index is 1.58. The summed E-state index contributed by atoms with van der Waals surface area (Å²) < 4.78 is 2.00. The Kier molecular flexibility index (Phi) is 6.11. The maximum absolute atomic E-state index is 12.2. The first kappa shape index (κ1) is 18.9. The summed E-state index contributed by atoms with van der Waals surface area (Å²) in [7, 11) is 1.77. The van der Waals surface area contributed by atoms with Gasteiger partial charge in [0.2, 0.25) is 5.91 Å². The number of nitrogens with one attached hydrogen (secondary N) is 2. The van der Waals surface area contributed by atoms with E-state index in [0.717, 1.165) is 36.7 Å². The van der Waals surface area contributed by atoms with Gasteiger partial charge in [0, 0.05) is 51.0 Å². The Bertz CT molecular complexity index is 784. The predicted octanol–water partition coefficient (Wildman–Crippen LogP) is 1.79. The van der Waals surface area contributed by atoms with E-state index in [-0.39, 0.29) is 17.9 Å². The largest absolute Gasteiger partial charge is 0.352 e. The van der Waals surface area contributed by atoms with E-state index in [9.17, 15) is 4.79 Å². The molecule has 0 saturated carbocycles. The van der Waals surface area contributed by atoms with Crippen LogP contribution in [0.25, 0.3) is 5.69 Å². The highest BCUT2D eigenvalue weighted by Crippen LogP contribution is 2.15. The van der Waals surface area contributed by atoms with E-state index < -0.39 is 0 Å². The maximum atomic E-state index is 12.2. The molecule has 0 aliphatic carbocycles. The first-order valence-electron chi connectivity index (χ1n) is 9.40. The lowest BCUT2D eigenvalue weighted by molar-refractivity contribution is -0.133. The third-order valence-corrected chi connectivity index (χ3v) is 4.78. The second-order valence-corrected chi connectivity index (χ2v) is 7.09. The van der Waals surface area contributed by atoms with E-state index in [1.807, 2.05) is 41.6 Å². The molecule has 2 aromatic rings. The van der Waals surface area contributed by atoms with Crippen LogP contribution in [0, 0.1) is 5.92 Å². The van der Waals surface area contributed by atoms with Crippen LogP contribution in [0.4, 0.5) is 0 Å². The highest BCUT2D eigenvalue weighted by atomic mass is 16.2. The summed E-state index contributed by atoms with van der Waals surface area (Å²) in [6, 6.07) is 8.43. The summed E-state index contributed by atoms with van der Waals surface area (Å²) in [5.41, 5.74) is 2.24. The number of hydrogen-bond donors (Lipinski definition) is 2. The summed E-state index contributed by atoms with van der Waals surface area (Å²) in [5.74, 6) is 1.01. The number of imidazole rings is 1. The molecule has 7 nitrogen and oxygen atoms in total. The standard InChI is InChI=1S/C20H28N6O/c1-15(2)19(27)25-10-8-17(13-25)24-20(21-3)23-12-16-6-4-5-7-18(16)26-11-9-22-14-26/h4-7,9,11,14-15,17H,8,10,12-13H2,1-3H3,(H2,21,23,24). The Morgan fingerprint density at radius 3 is 2.89 bits per heavy atom. The third-order valence-electron chi connectivity index (χ3n) is 4.78. The number of carbonyl (C=O) groups excluding carboxylic acids is 1. The van der Waals surface area contributed by atoms with E-state index in [0.29, 0.717) is 6.54 Å². The molecule has 1 aromatic heterocycles. The van der Waals surface area contributed by atoms with Gasteiger partial charge in [-0.25, -0.2) is 4.98 Å². The van der Waals surface area contributed by atoms with Gasteiger partial charge in [0.05, 0.1) is 12.0 Å². The fourth-order valence-electron chi connectivity index (χ4n) is 3.32. The molecule has 1 atom stereocenters. The number of guanidine groups is 1. The average Bonchev–Trinajstić information content (AvgIpc) is 3.36. The zero-order valence-electron chi connectivity index (χ0n) is 16.2. The van der Waals surface area contributed by atoms with E-state index in [2.05, 4.69) is 32.7 Å². The monoisotopic (exact) mass is 368 g/mol. The normalized spacial score (nSPS) is 17.4. The van der Waals surface area contributed by atoms with E-state index in [1.165, 1.54) is 0 Å². The van der Waals surface area contributed by atoms with Gasteiger partial charge in [0.15, 0.2) is 5.96 Å². The van der Waals surface area contributed by atoms with Crippen molar-refractivity contribution in [1.82, 2.24) is 25.1 Å². The molecule has 27 heavy (non-hydrogen) atoms. The van der Waals surface area contributed by atoms with Gasteiger partial charge >= 0.3 is 0 Å². The first-order valence-corrected chi connectivity index (χ1v) is 9.40. The van der Waals surface area contributed by atoms with Crippen LogP contribution in [-0.4, -0.2) is 52.5 Å². The van der Waals surface area contributed by atoms with E-state index in [1.54, 1.807) is 19.6 Å². The van der Waals surface area contributed by atoms with Crippen LogP contribution in [0.5, 0.6) is 0 Å². The zero-order chi connectivity index (χ0) is 19.2. The molecule has 1 unspecified atom stereocenters. The quantitative estimate of drug-likeness (QED) is 0.623. The van der Waals surface area contributed by atoms with Gasteiger partial charge in [0.25, 0.3) is 0 Å². The molecule has 2 heterocycles. The van der Waals surface area contributed by atoms with Gasteiger partial charge in [-0.3, -0.25) is 9.79 Å². The highest BCUT2D eigenvalue weighted by Gasteiger charge is 2.27. The number of hydrogen-bond acceptors (Lipinski definition) is 3. The van der Waals surface area contributed by atoms with Gasteiger partial charge in [-0.05, 0) is 18.1 Å². The summed E-state index contributed by atoms with van der Waals surface area (Å²) in [6.07, 6.45) is 6.44. The molecule has 7 heteroatoms. The SMILES string of the molecule is CN=C(NCc1ccccc1-n1ccnc1)NC1CCN(C(=O)C(C)C)C1. The molecule has 1 aliphatic heterocycles. The van der Waals surface area contributed by atoms with Crippen molar-refractivity contribution in [3.8, 4) is 5.69 Å². The summed E-state index contributed by atoms with van der Waals surface area (Å²) in [5, 5.41) is 6.82. The number of para-hydroxylation sites is 1. The number of likely N-dealkylation sites (tertiary alicyclic amines) is 1. The van der Waals surface area contributed by atoms with Crippen molar-refractivity contribution in [3.05, 3.63) is 48.5 Å². The third kappa shape index (κ3) is 4.67. The van der Waals surface area contributed by atoms with E-state index in [4.69, 9.17) is 0 Å². The molecule has 1 amide bonds. The van der Waals surface area contributed by atoms with Crippen LogP contribution >= 0.6 is 0 Å². The molecule has 0 bridgehead atoms. The van der Waals surface area contributed by atoms with Crippen molar-refractivity contribution in [3.63, 3.8) is 0 Å². The fourth-order valence-corrected chi connectivity index (χ4v) is 3.32. The minimum atomic E-state index is 0.0425. The van der Waals surface area contributed by atoms with Crippen LogP contribution in [0.15, 0.2) is 48.0 Å². The molecule has 1 aromatic carbocycles. The summed E-state index contributed by atoms with van der Waals surface area (Å²) in [4.78, 5) is 22.5. The number of nitrogens with zero attached hydrogens (tertiary/aromatic N) is 4. The van der Waals surface area contributed by atoms with Gasteiger partial charge < -0.3 is 20.1 Å². The lowest BCUT2D eigenvalue weighted by atomic mass is 10.1. The Labute approximate surface area is 160 Å². The molecule has 0 spiro atoms. The smallest absolute Gasteiger partial charge is 0.225 e. The molecule has 1 fully saturated rings.